The summed E-state index contributed by atoms with van der Waals surface area (Å²) in [5.74, 6) is 0. The second-order valence-electron chi connectivity index (χ2n) is 2.02. The maximum absolute atomic E-state index is 10.4. The fourth-order valence-electron chi connectivity index (χ4n) is 0.623. The summed E-state index contributed by atoms with van der Waals surface area (Å²) in [6.07, 6.45) is 3.83. The molecule has 0 radical (unpaired) electrons. The SMILES string of the molecule is O=P(O)(O)Cc1cnccn1. The maximum Gasteiger partial charge on any atom is 0.331 e. The molecule has 0 fully saturated rings. The third-order valence-corrected chi connectivity index (χ3v) is 1.72. The lowest BCUT2D eigenvalue weighted by molar-refractivity contribution is 0.371. The Morgan fingerprint density at radius 2 is 2.18 bits per heavy atom. The van der Waals surface area contributed by atoms with Crippen molar-refractivity contribution < 1.29 is 14.4 Å². The van der Waals surface area contributed by atoms with Crippen molar-refractivity contribution >= 4 is 7.60 Å². The van der Waals surface area contributed by atoms with Gasteiger partial charge in [-0.1, -0.05) is 0 Å². The molecule has 1 aromatic rings. The standard InChI is InChI=1S/C5H7N2O3P/c8-11(9,10)4-5-3-6-1-2-7-5/h1-3H,4H2,(H2,8,9,10). The van der Waals surface area contributed by atoms with Crippen LogP contribution in [0.15, 0.2) is 18.6 Å². The van der Waals surface area contributed by atoms with Crippen LogP contribution < -0.4 is 0 Å². The molecule has 0 aliphatic rings. The van der Waals surface area contributed by atoms with E-state index in [9.17, 15) is 4.57 Å². The van der Waals surface area contributed by atoms with Crippen molar-refractivity contribution in [2.45, 2.75) is 6.16 Å². The van der Waals surface area contributed by atoms with Crippen LogP contribution in [0.3, 0.4) is 0 Å². The molecule has 6 heteroatoms. The first-order valence-corrected chi connectivity index (χ1v) is 4.67. The third-order valence-electron chi connectivity index (χ3n) is 0.985. The van der Waals surface area contributed by atoms with Crippen molar-refractivity contribution in [2.24, 2.45) is 0 Å². The van der Waals surface area contributed by atoms with E-state index in [-0.39, 0.29) is 6.16 Å². The van der Waals surface area contributed by atoms with Gasteiger partial charge in [-0.05, 0) is 0 Å². The fraction of sp³-hybridized carbons (Fsp3) is 0.200. The molecule has 0 saturated heterocycles. The second-order valence-corrected chi connectivity index (χ2v) is 3.67. The third kappa shape index (κ3) is 3.23. The van der Waals surface area contributed by atoms with Crippen molar-refractivity contribution in [3.8, 4) is 0 Å². The average Bonchev–Trinajstić information content (AvgIpc) is 1.85. The van der Waals surface area contributed by atoms with E-state index in [0.29, 0.717) is 5.69 Å². The molecular formula is C5H7N2O3P. The van der Waals surface area contributed by atoms with Crippen LogP contribution in [-0.2, 0) is 10.7 Å². The Bertz CT molecular complexity index is 270. The number of rotatable bonds is 2. The summed E-state index contributed by atoms with van der Waals surface area (Å²) in [6, 6.07) is 0. The molecular weight excluding hydrogens is 167 g/mol. The first-order valence-electron chi connectivity index (χ1n) is 2.87. The summed E-state index contributed by atoms with van der Waals surface area (Å²) >= 11 is 0. The molecule has 0 aromatic carbocycles. The predicted octanol–water partition coefficient (Wildman–Crippen LogP) is 0.154. The fourth-order valence-corrected chi connectivity index (χ4v) is 1.21. The summed E-state index contributed by atoms with van der Waals surface area (Å²) in [7, 11) is -3.99. The van der Waals surface area contributed by atoms with Gasteiger partial charge in [-0.25, -0.2) is 0 Å². The number of aromatic nitrogens is 2. The summed E-state index contributed by atoms with van der Waals surface area (Å²) in [5.41, 5.74) is 0.306. The van der Waals surface area contributed by atoms with Gasteiger partial charge >= 0.3 is 7.60 Å². The Kier molecular flexibility index (Phi) is 2.34. The van der Waals surface area contributed by atoms with Gasteiger partial charge in [0.25, 0.3) is 0 Å². The Labute approximate surface area is 63.3 Å². The van der Waals surface area contributed by atoms with E-state index in [2.05, 4.69) is 9.97 Å². The molecule has 1 rings (SSSR count). The Balaban J connectivity index is 2.74. The van der Waals surface area contributed by atoms with Crippen molar-refractivity contribution in [3.05, 3.63) is 24.3 Å². The van der Waals surface area contributed by atoms with Gasteiger partial charge in [-0.2, -0.15) is 0 Å². The van der Waals surface area contributed by atoms with Crippen LogP contribution in [-0.4, -0.2) is 19.8 Å². The summed E-state index contributed by atoms with van der Waals surface area (Å²) in [4.78, 5) is 24.4. The molecule has 1 aromatic heterocycles. The second kappa shape index (κ2) is 3.09. The highest BCUT2D eigenvalue weighted by atomic mass is 31.2. The van der Waals surface area contributed by atoms with E-state index < -0.39 is 7.60 Å². The topological polar surface area (TPSA) is 83.3 Å². The lowest BCUT2D eigenvalue weighted by Crippen LogP contribution is -1.90. The number of hydrogen-bond donors (Lipinski definition) is 2. The molecule has 60 valence electrons. The smallest absolute Gasteiger partial charge is 0.324 e. The molecule has 0 spiro atoms. The van der Waals surface area contributed by atoms with Crippen molar-refractivity contribution in [3.63, 3.8) is 0 Å². The molecule has 0 atom stereocenters. The van der Waals surface area contributed by atoms with E-state index in [1.807, 2.05) is 0 Å². The van der Waals surface area contributed by atoms with Gasteiger partial charge in [0, 0.05) is 18.6 Å². The highest BCUT2D eigenvalue weighted by Gasteiger charge is 2.14. The minimum absolute atomic E-state index is 0.306. The van der Waals surface area contributed by atoms with E-state index in [4.69, 9.17) is 9.79 Å². The molecule has 0 saturated carbocycles. The van der Waals surface area contributed by atoms with E-state index >= 15 is 0 Å². The summed E-state index contributed by atoms with van der Waals surface area (Å²) < 4.78 is 10.4. The van der Waals surface area contributed by atoms with Crippen molar-refractivity contribution in [1.29, 1.82) is 0 Å². The van der Waals surface area contributed by atoms with Gasteiger partial charge in [0.1, 0.15) is 0 Å². The molecule has 0 aliphatic carbocycles. The van der Waals surface area contributed by atoms with Gasteiger partial charge in [-0.3, -0.25) is 14.5 Å². The summed E-state index contributed by atoms with van der Waals surface area (Å²) in [5, 5.41) is 0. The highest BCUT2D eigenvalue weighted by molar-refractivity contribution is 7.50. The van der Waals surface area contributed by atoms with Crippen molar-refractivity contribution in [2.75, 3.05) is 0 Å². The van der Waals surface area contributed by atoms with Crippen LogP contribution in [0.2, 0.25) is 0 Å². The first kappa shape index (κ1) is 8.33. The molecule has 1 heterocycles. The molecule has 0 amide bonds. The van der Waals surface area contributed by atoms with E-state index in [1.54, 1.807) is 0 Å². The lowest BCUT2D eigenvalue weighted by atomic mass is 10.5. The predicted molar refractivity (Wildman–Crippen MR) is 37.8 cm³/mol. The molecule has 0 bridgehead atoms. The van der Waals surface area contributed by atoms with E-state index in [0.717, 1.165) is 0 Å². The normalized spacial score (nSPS) is 11.5. The van der Waals surface area contributed by atoms with Crippen LogP contribution in [0.25, 0.3) is 0 Å². The largest absolute Gasteiger partial charge is 0.331 e. The zero-order valence-corrected chi connectivity index (χ0v) is 6.48. The van der Waals surface area contributed by atoms with Crippen LogP contribution >= 0.6 is 7.60 Å². The van der Waals surface area contributed by atoms with E-state index in [1.165, 1.54) is 18.6 Å². The highest BCUT2D eigenvalue weighted by Crippen LogP contribution is 2.37. The monoisotopic (exact) mass is 174 g/mol. The molecule has 0 aliphatic heterocycles. The average molecular weight is 174 g/mol. The Morgan fingerprint density at radius 1 is 1.45 bits per heavy atom. The Hall–Kier alpha value is -0.770. The van der Waals surface area contributed by atoms with Gasteiger partial charge in [-0.15, -0.1) is 0 Å². The quantitative estimate of drug-likeness (QED) is 0.623. The van der Waals surface area contributed by atoms with Crippen molar-refractivity contribution in [1.82, 2.24) is 9.97 Å². The minimum Gasteiger partial charge on any atom is -0.324 e. The molecule has 5 nitrogen and oxygen atoms in total. The lowest BCUT2D eigenvalue weighted by Gasteiger charge is -2.00. The van der Waals surface area contributed by atoms with Crippen LogP contribution in [0.5, 0.6) is 0 Å². The van der Waals surface area contributed by atoms with Gasteiger partial charge in [0.15, 0.2) is 0 Å². The van der Waals surface area contributed by atoms with Crippen LogP contribution in [0.1, 0.15) is 5.69 Å². The van der Waals surface area contributed by atoms with Crippen LogP contribution in [0.4, 0.5) is 0 Å². The molecule has 2 N–H and O–H groups in total. The number of hydrogen-bond acceptors (Lipinski definition) is 3. The van der Waals surface area contributed by atoms with Gasteiger partial charge in [0.05, 0.1) is 11.9 Å². The van der Waals surface area contributed by atoms with Gasteiger partial charge in [0.2, 0.25) is 0 Å². The zero-order valence-electron chi connectivity index (χ0n) is 5.58. The Morgan fingerprint density at radius 3 is 2.64 bits per heavy atom. The molecule has 0 unspecified atom stereocenters. The zero-order chi connectivity index (χ0) is 8.32. The minimum atomic E-state index is -3.99. The first-order chi connectivity index (χ1) is 5.08. The maximum atomic E-state index is 10.4. The van der Waals surface area contributed by atoms with Crippen LogP contribution in [0, 0.1) is 0 Å². The number of nitrogens with zero attached hydrogens (tertiary/aromatic N) is 2. The molecule has 11 heavy (non-hydrogen) atoms. The summed E-state index contributed by atoms with van der Waals surface area (Å²) in [6.45, 7) is 0. The van der Waals surface area contributed by atoms with Gasteiger partial charge < -0.3 is 9.79 Å².